The highest BCUT2D eigenvalue weighted by atomic mass is 16.6. The Bertz CT molecular complexity index is 1780. The quantitative estimate of drug-likeness (QED) is 0.162. The fraction of sp³-hybridized carbons (Fsp3) is 0.0741. The van der Waals surface area contributed by atoms with E-state index in [1.54, 1.807) is 23.0 Å². The van der Waals surface area contributed by atoms with Crippen LogP contribution in [-0.4, -0.2) is 35.4 Å². The molecule has 0 unspecified atom stereocenters. The first-order chi connectivity index (χ1) is 18.7. The fourth-order valence-electron chi connectivity index (χ4n) is 4.14. The highest BCUT2D eigenvalue weighted by Gasteiger charge is 2.21. The Labute approximate surface area is 221 Å². The van der Waals surface area contributed by atoms with Gasteiger partial charge in [0.2, 0.25) is 0 Å². The van der Waals surface area contributed by atoms with Crippen molar-refractivity contribution in [2.45, 2.75) is 13.8 Å². The predicted molar refractivity (Wildman–Crippen MR) is 145 cm³/mol. The molecule has 0 fully saturated rings. The molecular formula is C27H21N7O5. The highest BCUT2D eigenvalue weighted by Crippen LogP contribution is 2.30. The number of nitro benzene ring substituents is 2. The average molecular weight is 524 g/mol. The molecule has 0 saturated carbocycles. The lowest BCUT2D eigenvalue weighted by Crippen LogP contribution is -2.09. The molecule has 0 amide bonds. The van der Waals surface area contributed by atoms with E-state index in [2.05, 4.69) is 20.6 Å². The molecule has 0 bridgehead atoms. The fourth-order valence-corrected chi connectivity index (χ4v) is 4.14. The van der Waals surface area contributed by atoms with E-state index in [0.29, 0.717) is 16.8 Å². The molecular weight excluding hydrogens is 502 g/mol. The first kappa shape index (κ1) is 25.0. The maximum atomic E-state index is 11.6. The molecule has 194 valence electrons. The van der Waals surface area contributed by atoms with E-state index in [1.165, 1.54) is 12.1 Å². The summed E-state index contributed by atoms with van der Waals surface area (Å²) in [5, 5.41) is 43.2. The van der Waals surface area contributed by atoms with Gasteiger partial charge in [0.25, 0.3) is 5.69 Å². The number of anilines is 1. The van der Waals surface area contributed by atoms with Crippen molar-refractivity contribution >= 4 is 33.8 Å². The van der Waals surface area contributed by atoms with Crippen molar-refractivity contribution in [1.29, 1.82) is 0 Å². The molecule has 0 aliphatic rings. The number of fused-ring (bicyclic) bond motifs is 1. The molecule has 2 aromatic heterocycles. The molecule has 0 aliphatic heterocycles. The molecule has 5 rings (SSSR count). The summed E-state index contributed by atoms with van der Waals surface area (Å²) in [6.07, 6.45) is 1.58. The van der Waals surface area contributed by atoms with Crippen LogP contribution in [0.4, 0.5) is 17.1 Å². The zero-order valence-electron chi connectivity index (χ0n) is 20.8. The number of nitro groups is 2. The number of aromatic nitrogens is 3. The van der Waals surface area contributed by atoms with Gasteiger partial charge >= 0.3 is 5.69 Å². The number of hydrazone groups is 1. The topological polar surface area (TPSA) is 162 Å². The number of nitrogens with one attached hydrogen (secondary N) is 1. The smallest absolute Gasteiger partial charge is 0.301 e. The molecule has 3 aromatic carbocycles. The molecule has 0 radical (unpaired) electrons. The van der Waals surface area contributed by atoms with E-state index in [-0.39, 0.29) is 17.1 Å². The molecule has 12 nitrogen and oxygen atoms in total. The van der Waals surface area contributed by atoms with E-state index in [9.17, 15) is 25.3 Å². The van der Waals surface area contributed by atoms with Crippen LogP contribution in [0.15, 0.2) is 84.1 Å². The van der Waals surface area contributed by atoms with Gasteiger partial charge in [-0.25, -0.2) is 9.67 Å². The van der Waals surface area contributed by atoms with Crippen molar-refractivity contribution in [2.75, 3.05) is 5.43 Å². The summed E-state index contributed by atoms with van der Waals surface area (Å²) < 4.78 is 1.73. The zero-order chi connectivity index (χ0) is 27.7. The Hall–Kier alpha value is -5.65. The Balaban J connectivity index is 1.65. The third-order valence-corrected chi connectivity index (χ3v) is 6.07. The van der Waals surface area contributed by atoms with Gasteiger partial charge in [0.15, 0.2) is 5.65 Å². The molecule has 2 N–H and O–H groups in total. The number of phenols is 1. The van der Waals surface area contributed by atoms with Crippen LogP contribution in [0, 0.1) is 34.1 Å². The van der Waals surface area contributed by atoms with Crippen LogP contribution in [0.1, 0.15) is 22.4 Å². The number of hydrogen-bond donors (Lipinski definition) is 2. The number of aromatic hydroxyl groups is 1. The number of phenolic OH excluding ortho intramolecular Hbond substituents is 1. The lowest BCUT2D eigenvalue weighted by atomic mass is 10.00. The Morgan fingerprint density at radius 1 is 0.974 bits per heavy atom. The van der Waals surface area contributed by atoms with Crippen LogP contribution < -0.4 is 5.43 Å². The first-order valence-corrected chi connectivity index (χ1v) is 11.7. The summed E-state index contributed by atoms with van der Waals surface area (Å²) in [5.41, 5.74) is 5.81. The maximum absolute atomic E-state index is 11.6. The van der Waals surface area contributed by atoms with E-state index in [4.69, 9.17) is 0 Å². The van der Waals surface area contributed by atoms with Crippen molar-refractivity contribution in [2.24, 2.45) is 5.10 Å². The summed E-state index contributed by atoms with van der Waals surface area (Å²) in [5.74, 6) is -0.0591. The van der Waals surface area contributed by atoms with Crippen LogP contribution in [0.25, 0.3) is 16.7 Å². The second-order valence-electron chi connectivity index (χ2n) is 8.74. The number of benzene rings is 3. The van der Waals surface area contributed by atoms with Crippen LogP contribution in [0.5, 0.6) is 5.75 Å². The molecule has 0 saturated heterocycles. The van der Waals surface area contributed by atoms with E-state index in [0.717, 1.165) is 34.5 Å². The van der Waals surface area contributed by atoms with Crippen molar-refractivity contribution in [3.05, 3.63) is 122 Å². The van der Waals surface area contributed by atoms with Gasteiger partial charge in [-0.05, 0) is 50.2 Å². The lowest BCUT2D eigenvalue weighted by molar-refractivity contribution is -0.393. The van der Waals surface area contributed by atoms with Gasteiger partial charge in [-0.3, -0.25) is 25.7 Å². The van der Waals surface area contributed by atoms with Crippen LogP contribution in [-0.2, 0) is 0 Å². The number of pyridine rings is 1. The summed E-state index contributed by atoms with van der Waals surface area (Å²) >= 11 is 0. The number of hydrogen-bond acceptors (Lipinski definition) is 9. The molecule has 0 spiro atoms. The number of nitrogens with zero attached hydrogens (tertiary/aromatic N) is 6. The number of rotatable bonds is 7. The minimum atomic E-state index is -0.733. The Morgan fingerprint density at radius 3 is 2.46 bits per heavy atom. The maximum Gasteiger partial charge on any atom is 0.301 e. The van der Waals surface area contributed by atoms with E-state index >= 15 is 0 Å². The van der Waals surface area contributed by atoms with Crippen LogP contribution >= 0.6 is 0 Å². The number of aryl methyl sites for hydroxylation is 2. The van der Waals surface area contributed by atoms with Crippen LogP contribution in [0.3, 0.4) is 0 Å². The third kappa shape index (κ3) is 4.85. The Morgan fingerprint density at radius 2 is 1.74 bits per heavy atom. The monoisotopic (exact) mass is 523 g/mol. The molecule has 5 aromatic rings. The summed E-state index contributed by atoms with van der Waals surface area (Å²) in [6.45, 7) is 3.71. The van der Waals surface area contributed by atoms with Gasteiger partial charge < -0.3 is 5.11 Å². The third-order valence-electron chi connectivity index (χ3n) is 6.07. The highest BCUT2D eigenvalue weighted by molar-refractivity contribution is 6.15. The van der Waals surface area contributed by atoms with Crippen molar-refractivity contribution in [3.63, 3.8) is 0 Å². The van der Waals surface area contributed by atoms with Crippen molar-refractivity contribution in [1.82, 2.24) is 14.8 Å². The summed E-state index contributed by atoms with van der Waals surface area (Å²) in [6, 6.07) is 19.6. The van der Waals surface area contributed by atoms with Gasteiger partial charge in [0, 0.05) is 28.8 Å². The zero-order valence-corrected chi connectivity index (χ0v) is 20.8. The Kier molecular flexibility index (Phi) is 6.42. The number of non-ortho nitro benzene ring substituents is 1. The molecule has 0 aliphatic carbocycles. The van der Waals surface area contributed by atoms with Crippen molar-refractivity contribution in [3.8, 4) is 11.4 Å². The van der Waals surface area contributed by atoms with Gasteiger partial charge in [0.05, 0.1) is 27.3 Å². The summed E-state index contributed by atoms with van der Waals surface area (Å²) in [7, 11) is 0. The van der Waals surface area contributed by atoms with E-state index < -0.39 is 21.2 Å². The standard InChI is InChI=1S/C27H21N7O5/c1-16-8-11-25(35)22(12-16)26(30-29-23-10-9-20(33(36)37)14-24(23)34(38)39)18-13-21-17(2)31-32(27(21)28-15-18)19-6-4-3-5-7-19/h3-15,29,35H,1-2H3/b30-26-. The second kappa shape index (κ2) is 10.0. The lowest BCUT2D eigenvalue weighted by Gasteiger charge is -2.12. The van der Waals surface area contributed by atoms with Gasteiger partial charge in [0.1, 0.15) is 17.1 Å². The van der Waals surface area contributed by atoms with E-state index in [1.807, 2.05) is 50.2 Å². The molecule has 0 atom stereocenters. The van der Waals surface area contributed by atoms with Crippen molar-refractivity contribution < 1.29 is 15.0 Å². The minimum Gasteiger partial charge on any atom is -0.507 e. The molecule has 39 heavy (non-hydrogen) atoms. The largest absolute Gasteiger partial charge is 0.507 e. The van der Waals surface area contributed by atoms with Crippen LogP contribution in [0.2, 0.25) is 0 Å². The predicted octanol–water partition coefficient (Wildman–Crippen LogP) is 5.42. The second-order valence-corrected chi connectivity index (χ2v) is 8.74. The van der Waals surface area contributed by atoms with Gasteiger partial charge in [-0.1, -0.05) is 29.8 Å². The van der Waals surface area contributed by atoms with Gasteiger partial charge in [-0.2, -0.15) is 10.2 Å². The normalized spacial score (nSPS) is 11.5. The summed E-state index contributed by atoms with van der Waals surface area (Å²) in [4.78, 5) is 25.9. The van der Waals surface area contributed by atoms with Gasteiger partial charge in [-0.15, -0.1) is 0 Å². The number of para-hydroxylation sites is 1. The SMILES string of the molecule is Cc1ccc(O)c(/C(=N\Nc2ccc([N+](=O)[O-])cc2[N+](=O)[O-])c2cnc3c(c2)c(C)nn3-c2ccccc2)c1. The average Bonchev–Trinajstić information content (AvgIpc) is 3.26. The first-order valence-electron chi connectivity index (χ1n) is 11.7. The molecule has 12 heteroatoms. The molecule has 2 heterocycles. The minimum absolute atomic E-state index is 0.0580.